The summed E-state index contributed by atoms with van der Waals surface area (Å²) in [5, 5.41) is 9.72. The first-order valence-corrected chi connectivity index (χ1v) is 13.6. The van der Waals surface area contributed by atoms with Crippen molar-refractivity contribution in [3.05, 3.63) is 60.2 Å². The van der Waals surface area contributed by atoms with Gasteiger partial charge in [-0.05, 0) is 43.4 Å². The largest absolute Gasteiger partial charge is 0.481 e. The molecule has 0 radical (unpaired) electrons. The number of carboxylic acids is 1. The second-order valence-corrected chi connectivity index (χ2v) is 10.5. The van der Waals surface area contributed by atoms with Crippen LogP contribution in [0.3, 0.4) is 0 Å². The van der Waals surface area contributed by atoms with Gasteiger partial charge in [-0.15, -0.1) is 0 Å². The minimum atomic E-state index is -5.18. The van der Waals surface area contributed by atoms with Gasteiger partial charge in [-0.1, -0.05) is 54.6 Å². The first kappa shape index (κ1) is 30.2. The Hall–Kier alpha value is -3.04. The molecular formula is C26H34NO9P. The zero-order chi connectivity index (χ0) is 27.5. The molecule has 0 aromatic heterocycles. The Morgan fingerprint density at radius 3 is 1.86 bits per heavy atom. The number of hydrogen-bond donors (Lipinski definition) is 4. The van der Waals surface area contributed by atoms with Gasteiger partial charge in [0, 0.05) is 12.5 Å². The van der Waals surface area contributed by atoms with Gasteiger partial charge >= 0.3 is 25.5 Å². The van der Waals surface area contributed by atoms with Crippen LogP contribution in [-0.4, -0.2) is 57.3 Å². The SMILES string of the molecule is CCOC(=O)CC(CC(=O)OCC)(NC(CCC(=O)O)Cc1ccc(-c2ccccc2)cc1)P(=O)(O)O. The number of nitrogens with one attached hydrogen (secondary N) is 1. The maximum absolute atomic E-state index is 12.8. The van der Waals surface area contributed by atoms with Crippen molar-refractivity contribution < 1.29 is 43.3 Å². The lowest BCUT2D eigenvalue weighted by Crippen LogP contribution is -2.53. The minimum absolute atomic E-state index is 0.0107. The van der Waals surface area contributed by atoms with Gasteiger partial charge in [0.1, 0.15) is 5.28 Å². The van der Waals surface area contributed by atoms with Crippen LogP contribution in [0.15, 0.2) is 54.6 Å². The molecule has 0 spiro atoms. The van der Waals surface area contributed by atoms with Crippen molar-refractivity contribution in [1.82, 2.24) is 5.32 Å². The Balaban J connectivity index is 2.40. The third kappa shape index (κ3) is 9.40. The summed E-state index contributed by atoms with van der Waals surface area (Å²) in [6.07, 6.45) is -1.73. The number of esters is 2. The van der Waals surface area contributed by atoms with Crippen molar-refractivity contribution in [2.75, 3.05) is 13.2 Å². The van der Waals surface area contributed by atoms with Crippen LogP contribution in [0, 0.1) is 0 Å². The molecule has 1 unspecified atom stereocenters. The van der Waals surface area contributed by atoms with Crippen molar-refractivity contribution in [2.45, 2.75) is 57.3 Å². The molecule has 0 fully saturated rings. The molecule has 202 valence electrons. The van der Waals surface area contributed by atoms with Crippen molar-refractivity contribution >= 4 is 25.5 Å². The van der Waals surface area contributed by atoms with E-state index in [2.05, 4.69) is 5.32 Å². The normalized spacial score (nSPS) is 12.5. The zero-order valence-electron chi connectivity index (χ0n) is 21.0. The van der Waals surface area contributed by atoms with Gasteiger partial charge in [0.2, 0.25) is 0 Å². The van der Waals surface area contributed by atoms with E-state index in [4.69, 9.17) is 9.47 Å². The maximum atomic E-state index is 12.8. The highest BCUT2D eigenvalue weighted by Gasteiger charge is 2.51. The fraction of sp³-hybridized carbons (Fsp3) is 0.423. The highest BCUT2D eigenvalue weighted by molar-refractivity contribution is 7.53. The number of ether oxygens (including phenoxy) is 2. The Labute approximate surface area is 216 Å². The van der Waals surface area contributed by atoms with E-state index >= 15 is 0 Å². The number of carbonyl (C=O) groups excluding carboxylic acids is 2. The first-order valence-electron chi connectivity index (χ1n) is 12.0. The van der Waals surface area contributed by atoms with Gasteiger partial charge in [0.25, 0.3) is 0 Å². The van der Waals surface area contributed by atoms with Crippen molar-refractivity contribution in [2.24, 2.45) is 0 Å². The highest BCUT2D eigenvalue weighted by Crippen LogP contribution is 2.53. The number of rotatable bonds is 15. The molecule has 2 aromatic carbocycles. The Morgan fingerprint density at radius 1 is 0.892 bits per heavy atom. The van der Waals surface area contributed by atoms with E-state index in [9.17, 15) is 33.8 Å². The van der Waals surface area contributed by atoms with Crippen LogP contribution < -0.4 is 5.32 Å². The molecule has 0 bridgehead atoms. The van der Waals surface area contributed by atoms with Crippen LogP contribution in [0.5, 0.6) is 0 Å². The molecule has 0 heterocycles. The third-order valence-corrected chi connectivity index (χ3v) is 7.32. The van der Waals surface area contributed by atoms with Gasteiger partial charge in [0.15, 0.2) is 0 Å². The topological polar surface area (TPSA) is 159 Å². The van der Waals surface area contributed by atoms with Gasteiger partial charge in [-0.2, -0.15) is 0 Å². The fourth-order valence-corrected chi connectivity index (χ4v) is 5.03. The van der Waals surface area contributed by atoms with E-state index in [0.29, 0.717) is 0 Å². The molecule has 37 heavy (non-hydrogen) atoms. The van der Waals surface area contributed by atoms with E-state index in [1.165, 1.54) is 0 Å². The predicted octanol–water partition coefficient (Wildman–Crippen LogP) is 3.50. The number of aliphatic carboxylic acids is 1. The molecular weight excluding hydrogens is 501 g/mol. The summed E-state index contributed by atoms with van der Waals surface area (Å²) in [5.41, 5.74) is 2.75. The summed E-state index contributed by atoms with van der Waals surface area (Å²) >= 11 is 0. The molecule has 0 saturated carbocycles. The molecule has 2 aromatic rings. The van der Waals surface area contributed by atoms with E-state index in [1.54, 1.807) is 13.8 Å². The molecule has 1 atom stereocenters. The number of benzene rings is 2. The van der Waals surface area contributed by atoms with Gasteiger partial charge < -0.3 is 24.4 Å². The lowest BCUT2D eigenvalue weighted by molar-refractivity contribution is -0.147. The zero-order valence-corrected chi connectivity index (χ0v) is 21.9. The molecule has 11 heteroatoms. The van der Waals surface area contributed by atoms with Crippen LogP contribution in [0.2, 0.25) is 0 Å². The third-order valence-electron chi connectivity index (χ3n) is 5.76. The van der Waals surface area contributed by atoms with E-state index in [0.717, 1.165) is 16.7 Å². The Bertz CT molecular complexity index is 1060. The summed E-state index contributed by atoms with van der Waals surface area (Å²) in [6.45, 7) is 3.05. The summed E-state index contributed by atoms with van der Waals surface area (Å²) in [5.74, 6) is -2.91. The average Bonchev–Trinajstić information content (AvgIpc) is 2.83. The second-order valence-electron chi connectivity index (χ2n) is 8.58. The van der Waals surface area contributed by atoms with E-state index < -0.39 is 49.7 Å². The molecule has 0 amide bonds. The van der Waals surface area contributed by atoms with Gasteiger partial charge in [0.05, 0.1) is 26.1 Å². The highest BCUT2D eigenvalue weighted by atomic mass is 31.2. The molecule has 0 saturated heterocycles. The maximum Gasteiger partial charge on any atom is 0.346 e. The standard InChI is InChI=1S/C26H34NO9P/c1-3-35-24(30)17-26(37(32,33)34,18-25(31)36-4-2)27-22(14-15-23(28)29)16-19-10-12-21(13-11-19)20-8-6-5-7-9-20/h5-13,22,27H,3-4,14-18H2,1-2H3,(H,28,29)(H2,32,33,34). The fourth-order valence-electron chi connectivity index (χ4n) is 4.01. The van der Waals surface area contributed by atoms with Crippen LogP contribution in [0.25, 0.3) is 11.1 Å². The molecule has 0 aliphatic heterocycles. The smallest absolute Gasteiger partial charge is 0.346 e. The Morgan fingerprint density at radius 2 is 1.41 bits per heavy atom. The monoisotopic (exact) mass is 535 g/mol. The van der Waals surface area contributed by atoms with Crippen LogP contribution >= 0.6 is 7.60 Å². The van der Waals surface area contributed by atoms with Gasteiger partial charge in [-0.3, -0.25) is 24.3 Å². The molecule has 2 rings (SSSR count). The lowest BCUT2D eigenvalue weighted by Gasteiger charge is -2.37. The first-order chi connectivity index (χ1) is 17.5. The number of carbonyl (C=O) groups is 3. The van der Waals surface area contributed by atoms with Crippen LogP contribution in [0.4, 0.5) is 0 Å². The van der Waals surface area contributed by atoms with E-state index in [-0.39, 0.29) is 32.5 Å². The molecule has 0 aliphatic carbocycles. The quantitative estimate of drug-likeness (QED) is 0.196. The van der Waals surface area contributed by atoms with Crippen molar-refractivity contribution in [3.63, 3.8) is 0 Å². The molecule has 10 nitrogen and oxygen atoms in total. The average molecular weight is 536 g/mol. The summed E-state index contributed by atoms with van der Waals surface area (Å²) in [4.78, 5) is 56.7. The van der Waals surface area contributed by atoms with E-state index in [1.807, 2.05) is 54.6 Å². The van der Waals surface area contributed by atoms with Gasteiger partial charge in [-0.25, -0.2) is 0 Å². The second kappa shape index (κ2) is 14.0. The molecule has 0 aliphatic rings. The summed E-state index contributed by atoms with van der Waals surface area (Å²) < 4.78 is 22.6. The summed E-state index contributed by atoms with van der Waals surface area (Å²) in [7, 11) is -5.18. The van der Waals surface area contributed by atoms with Crippen molar-refractivity contribution in [3.8, 4) is 11.1 Å². The lowest BCUT2D eigenvalue weighted by atomic mass is 9.97. The van der Waals surface area contributed by atoms with Crippen LogP contribution in [-0.2, 0) is 34.8 Å². The minimum Gasteiger partial charge on any atom is -0.481 e. The van der Waals surface area contributed by atoms with Crippen LogP contribution in [0.1, 0.15) is 45.1 Å². The number of hydrogen-bond acceptors (Lipinski definition) is 7. The number of carboxylic acid groups (broad SMARTS) is 1. The Kier molecular flexibility index (Phi) is 11.5. The predicted molar refractivity (Wildman–Crippen MR) is 137 cm³/mol. The molecule has 4 N–H and O–H groups in total. The summed E-state index contributed by atoms with van der Waals surface area (Å²) in [6, 6.07) is 16.4. The van der Waals surface area contributed by atoms with Crippen molar-refractivity contribution in [1.29, 1.82) is 0 Å².